The van der Waals surface area contributed by atoms with Crippen molar-refractivity contribution in [2.45, 2.75) is 22.4 Å². The second kappa shape index (κ2) is 5.91. The highest BCUT2D eigenvalue weighted by molar-refractivity contribution is 7.99. The normalized spacial score (nSPS) is 17.8. The number of sulfonamides is 1. The van der Waals surface area contributed by atoms with Crippen molar-refractivity contribution in [2.75, 3.05) is 5.75 Å². The molecule has 4 nitrogen and oxygen atoms in total. The summed E-state index contributed by atoms with van der Waals surface area (Å²) in [5, 5.41) is 2.24. The summed E-state index contributed by atoms with van der Waals surface area (Å²) in [5.41, 5.74) is 2.21. The Hall–Kier alpha value is -1.83. The number of fused-ring (bicyclic) bond motifs is 3. The minimum Gasteiger partial charge on any atom is -0.349 e. The monoisotopic (exact) mass is 362 g/mol. The molecule has 1 aromatic heterocycles. The lowest BCUT2D eigenvalue weighted by Gasteiger charge is -2.23. The second-order valence-electron chi connectivity index (χ2n) is 5.77. The zero-order valence-electron chi connectivity index (χ0n) is 12.6. The molecule has 1 atom stereocenters. The van der Waals surface area contributed by atoms with Crippen LogP contribution in [0.15, 0.2) is 58.5 Å². The molecule has 0 aliphatic carbocycles. The number of hydrogen-bond donors (Lipinski definition) is 2. The summed E-state index contributed by atoms with van der Waals surface area (Å²) in [6, 6.07) is 12.7. The minimum absolute atomic E-state index is 0.0821. The molecule has 0 spiro atoms. The maximum Gasteiger partial charge on any atom is 0.240 e. The number of rotatable bonds is 3. The molecule has 4 rings (SSSR count). The molecule has 3 aromatic rings. The van der Waals surface area contributed by atoms with Gasteiger partial charge in [0.25, 0.3) is 0 Å². The Morgan fingerprint density at radius 1 is 1.12 bits per heavy atom. The molecule has 1 aliphatic rings. The first-order valence-electron chi connectivity index (χ1n) is 7.53. The first-order valence-corrected chi connectivity index (χ1v) is 10.00. The summed E-state index contributed by atoms with van der Waals surface area (Å²) < 4.78 is 40.7. The van der Waals surface area contributed by atoms with Gasteiger partial charge in [-0.2, -0.15) is 0 Å². The summed E-state index contributed by atoms with van der Waals surface area (Å²) in [4.78, 5) is 3.46. The lowest BCUT2D eigenvalue weighted by atomic mass is 10.1. The Balaban J connectivity index is 1.59. The summed E-state index contributed by atoms with van der Waals surface area (Å²) >= 11 is 1.62. The number of para-hydroxylation sites is 1. The highest BCUT2D eigenvalue weighted by Crippen LogP contribution is 2.35. The van der Waals surface area contributed by atoms with E-state index < -0.39 is 15.8 Å². The molecule has 0 bridgehead atoms. The van der Waals surface area contributed by atoms with Crippen LogP contribution in [-0.2, 0) is 16.4 Å². The Morgan fingerprint density at radius 2 is 1.88 bits per heavy atom. The molecular formula is C17H15FN2O2S2. The average Bonchev–Trinajstić information content (AvgIpc) is 2.93. The van der Waals surface area contributed by atoms with E-state index in [0.29, 0.717) is 12.2 Å². The molecule has 0 amide bonds. The van der Waals surface area contributed by atoms with Crippen LogP contribution in [0.2, 0.25) is 0 Å². The van der Waals surface area contributed by atoms with Gasteiger partial charge in [-0.3, -0.25) is 0 Å². The first-order chi connectivity index (χ1) is 11.5. The predicted octanol–water partition coefficient (Wildman–Crippen LogP) is 3.30. The van der Waals surface area contributed by atoms with E-state index in [1.807, 2.05) is 24.3 Å². The van der Waals surface area contributed by atoms with Crippen LogP contribution in [0.5, 0.6) is 0 Å². The fraction of sp³-hybridized carbons (Fsp3) is 0.176. The van der Waals surface area contributed by atoms with Crippen molar-refractivity contribution in [3.63, 3.8) is 0 Å². The molecule has 124 valence electrons. The summed E-state index contributed by atoms with van der Waals surface area (Å²) in [6.45, 7) is 0. The predicted molar refractivity (Wildman–Crippen MR) is 93.2 cm³/mol. The van der Waals surface area contributed by atoms with Crippen LogP contribution in [0, 0.1) is 5.82 Å². The smallest absolute Gasteiger partial charge is 0.240 e. The van der Waals surface area contributed by atoms with Crippen LogP contribution >= 0.6 is 11.8 Å². The SMILES string of the molecule is O=S(=O)(N[C@@H]1CSc2[nH]c3ccccc3c2C1)c1ccc(F)cc1. The number of halogens is 1. The van der Waals surface area contributed by atoms with E-state index in [-0.39, 0.29) is 10.9 Å². The third kappa shape index (κ3) is 2.83. The van der Waals surface area contributed by atoms with Crippen molar-refractivity contribution in [3.8, 4) is 0 Å². The largest absolute Gasteiger partial charge is 0.349 e. The first kappa shape index (κ1) is 15.7. The van der Waals surface area contributed by atoms with Crippen LogP contribution in [0.25, 0.3) is 10.9 Å². The van der Waals surface area contributed by atoms with E-state index in [4.69, 9.17) is 0 Å². The third-order valence-electron chi connectivity index (χ3n) is 4.10. The van der Waals surface area contributed by atoms with Crippen LogP contribution in [0.4, 0.5) is 4.39 Å². The van der Waals surface area contributed by atoms with Gasteiger partial charge in [0.05, 0.1) is 9.92 Å². The van der Waals surface area contributed by atoms with Gasteiger partial charge >= 0.3 is 0 Å². The van der Waals surface area contributed by atoms with Crippen molar-refractivity contribution in [2.24, 2.45) is 0 Å². The number of hydrogen-bond acceptors (Lipinski definition) is 3. The Bertz CT molecular complexity index is 997. The van der Waals surface area contributed by atoms with E-state index >= 15 is 0 Å². The van der Waals surface area contributed by atoms with Crippen molar-refractivity contribution in [1.82, 2.24) is 9.71 Å². The molecule has 0 saturated carbocycles. The number of nitrogens with one attached hydrogen (secondary N) is 2. The fourth-order valence-electron chi connectivity index (χ4n) is 2.97. The van der Waals surface area contributed by atoms with E-state index in [9.17, 15) is 12.8 Å². The molecule has 2 aromatic carbocycles. The standard InChI is InChI=1S/C17H15FN2O2S2/c18-11-5-7-13(8-6-11)24(21,22)20-12-9-15-14-3-1-2-4-16(14)19-17(15)23-10-12/h1-8,12,19-20H,9-10H2/t12-/m0/s1. The molecule has 0 saturated heterocycles. The highest BCUT2D eigenvalue weighted by atomic mass is 32.2. The summed E-state index contributed by atoms with van der Waals surface area (Å²) in [6.07, 6.45) is 0.632. The van der Waals surface area contributed by atoms with Gasteiger partial charge in [-0.1, -0.05) is 18.2 Å². The topological polar surface area (TPSA) is 62.0 Å². The highest BCUT2D eigenvalue weighted by Gasteiger charge is 2.27. The molecule has 24 heavy (non-hydrogen) atoms. The van der Waals surface area contributed by atoms with Crippen LogP contribution in [-0.4, -0.2) is 25.2 Å². The Labute approximate surface area is 143 Å². The van der Waals surface area contributed by atoms with Gasteiger partial charge < -0.3 is 4.98 Å². The van der Waals surface area contributed by atoms with Gasteiger partial charge in [-0.25, -0.2) is 17.5 Å². The lowest BCUT2D eigenvalue weighted by Crippen LogP contribution is -2.39. The van der Waals surface area contributed by atoms with Crippen molar-refractivity contribution < 1.29 is 12.8 Å². The van der Waals surface area contributed by atoms with Crippen LogP contribution < -0.4 is 4.72 Å². The molecule has 0 radical (unpaired) electrons. The summed E-state index contributed by atoms with van der Waals surface area (Å²) in [5.74, 6) is 0.200. The quantitative estimate of drug-likeness (QED) is 0.751. The third-order valence-corrected chi connectivity index (χ3v) is 6.84. The number of H-pyrrole nitrogens is 1. The van der Waals surface area contributed by atoms with Crippen LogP contribution in [0.3, 0.4) is 0 Å². The number of aromatic amines is 1. The molecule has 0 unspecified atom stereocenters. The Kier molecular flexibility index (Phi) is 3.86. The average molecular weight is 362 g/mol. The zero-order chi connectivity index (χ0) is 16.7. The van der Waals surface area contributed by atoms with Crippen molar-refractivity contribution in [1.29, 1.82) is 0 Å². The second-order valence-corrected chi connectivity index (χ2v) is 8.51. The van der Waals surface area contributed by atoms with Gasteiger partial charge in [0.15, 0.2) is 0 Å². The van der Waals surface area contributed by atoms with E-state index in [1.54, 1.807) is 11.8 Å². The Morgan fingerprint density at radius 3 is 2.67 bits per heavy atom. The maximum absolute atomic E-state index is 13.0. The van der Waals surface area contributed by atoms with E-state index in [2.05, 4.69) is 9.71 Å². The van der Waals surface area contributed by atoms with E-state index in [1.165, 1.54) is 12.1 Å². The number of thioether (sulfide) groups is 1. The van der Waals surface area contributed by atoms with E-state index in [0.717, 1.165) is 33.6 Å². The van der Waals surface area contributed by atoms with Gasteiger partial charge in [-0.15, -0.1) is 11.8 Å². The fourth-order valence-corrected chi connectivity index (χ4v) is 5.43. The molecule has 2 heterocycles. The van der Waals surface area contributed by atoms with Gasteiger partial charge in [0.2, 0.25) is 10.0 Å². The molecule has 0 fully saturated rings. The van der Waals surface area contributed by atoms with Crippen molar-refractivity contribution >= 4 is 32.7 Å². The number of aromatic nitrogens is 1. The number of benzene rings is 2. The van der Waals surface area contributed by atoms with Crippen LogP contribution in [0.1, 0.15) is 5.56 Å². The summed E-state index contributed by atoms with van der Waals surface area (Å²) in [7, 11) is -3.66. The molecule has 7 heteroatoms. The molecule has 2 N–H and O–H groups in total. The maximum atomic E-state index is 13.0. The van der Waals surface area contributed by atoms with Gasteiger partial charge in [0, 0.05) is 22.7 Å². The van der Waals surface area contributed by atoms with Crippen molar-refractivity contribution in [3.05, 3.63) is 59.9 Å². The van der Waals surface area contributed by atoms with Gasteiger partial charge in [0.1, 0.15) is 5.82 Å². The zero-order valence-corrected chi connectivity index (χ0v) is 14.3. The van der Waals surface area contributed by atoms with Gasteiger partial charge in [-0.05, 0) is 42.3 Å². The molecule has 1 aliphatic heterocycles. The molecular weight excluding hydrogens is 347 g/mol. The lowest BCUT2D eigenvalue weighted by molar-refractivity contribution is 0.559. The minimum atomic E-state index is -3.66.